The molecule has 0 saturated carbocycles. The van der Waals surface area contributed by atoms with E-state index >= 15 is 0 Å². The number of amides is 1. The summed E-state index contributed by atoms with van der Waals surface area (Å²) in [6, 6.07) is 14.8. The number of nitro benzene ring substituents is 1. The highest BCUT2D eigenvalue weighted by Crippen LogP contribution is 2.17. The zero-order chi connectivity index (χ0) is 13.8. The van der Waals surface area contributed by atoms with Gasteiger partial charge in [0.1, 0.15) is 0 Å². The second kappa shape index (κ2) is 5.30. The number of non-ortho nitro benzene ring substituents is 1. The summed E-state index contributed by atoms with van der Waals surface area (Å²) >= 11 is 0. The molecule has 0 unspecified atom stereocenters. The quantitative estimate of drug-likeness (QED) is 0.626. The van der Waals surface area contributed by atoms with Gasteiger partial charge in [-0.25, -0.2) is 0 Å². The Kier molecular flexibility index (Phi) is 3.56. The number of anilines is 1. The van der Waals surface area contributed by atoms with Gasteiger partial charge in [-0.05, 0) is 24.3 Å². The second-order valence-corrected chi connectivity index (χ2v) is 4.00. The van der Waals surface area contributed by atoms with Crippen LogP contribution in [-0.4, -0.2) is 17.9 Å². The van der Waals surface area contributed by atoms with Crippen LogP contribution in [0.4, 0.5) is 11.4 Å². The molecule has 0 aromatic heterocycles. The Hall–Kier alpha value is -2.69. The number of rotatable bonds is 3. The molecular formula is C14H12N2O3. The third kappa shape index (κ3) is 2.77. The van der Waals surface area contributed by atoms with Crippen molar-refractivity contribution in [3.63, 3.8) is 0 Å². The van der Waals surface area contributed by atoms with Gasteiger partial charge in [-0.1, -0.05) is 18.2 Å². The van der Waals surface area contributed by atoms with Crippen molar-refractivity contribution in [2.24, 2.45) is 0 Å². The summed E-state index contributed by atoms with van der Waals surface area (Å²) in [6.07, 6.45) is 0. The molecule has 0 aliphatic rings. The summed E-state index contributed by atoms with van der Waals surface area (Å²) < 4.78 is 0. The normalized spacial score (nSPS) is 9.95. The number of hydrogen-bond acceptors (Lipinski definition) is 3. The van der Waals surface area contributed by atoms with Crippen LogP contribution in [0.25, 0.3) is 0 Å². The summed E-state index contributed by atoms with van der Waals surface area (Å²) in [6.45, 7) is 0. The number of benzene rings is 2. The topological polar surface area (TPSA) is 63.5 Å². The lowest BCUT2D eigenvalue weighted by atomic mass is 10.1. The summed E-state index contributed by atoms with van der Waals surface area (Å²) in [5.41, 5.74) is 1.15. The van der Waals surface area contributed by atoms with E-state index in [1.165, 1.54) is 29.2 Å². The van der Waals surface area contributed by atoms with Crippen LogP contribution in [0.2, 0.25) is 0 Å². The summed E-state index contributed by atoms with van der Waals surface area (Å²) in [7, 11) is 1.67. The molecule has 0 N–H and O–H groups in total. The maximum Gasteiger partial charge on any atom is 0.269 e. The van der Waals surface area contributed by atoms with Gasteiger partial charge < -0.3 is 4.90 Å². The Morgan fingerprint density at radius 1 is 1.05 bits per heavy atom. The minimum Gasteiger partial charge on any atom is -0.311 e. The van der Waals surface area contributed by atoms with Gasteiger partial charge in [0.15, 0.2) is 0 Å². The Balaban J connectivity index is 2.22. The number of nitrogens with zero attached hydrogens (tertiary/aromatic N) is 2. The monoisotopic (exact) mass is 256 g/mol. The van der Waals surface area contributed by atoms with Crippen LogP contribution in [-0.2, 0) is 0 Å². The van der Waals surface area contributed by atoms with Crippen molar-refractivity contribution in [3.05, 3.63) is 70.3 Å². The minimum absolute atomic E-state index is 0.0288. The van der Waals surface area contributed by atoms with E-state index < -0.39 is 4.92 Å². The zero-order valence-electron chi connectivity index (χ0n) is 10.3. The molecular weight excluding hydrogens is 244 g/mol. The molecule has 5 heteroatoms. The Labute approximate surface area is 110 Å². The third-order valence-corrected chi connectivity index (χ3v) is 2.77. The maximum atomic E-state index is 12.2. The van der Waals surface area contributed by atoms with Gasteiger partial charge >= 0.3 is 0 Å². The Bertz CT molecular complexity index is 594. The Morgan fingerprint density at radius 2 is 1.63 bits per heavy atom. The van der Waals surface area contributed by atoms with Crippen LogP contribution < -0.4 is 4.90 Å². The SMILES string of the molecule is CN(C(=O)c1ccc([N+](=O)[O-])cc1)c1ccccc1. The lowest BCUT2D eigenvalue weighted by Gasteiger charge is -2.17. The smallest absolute Gasteiger partial charge is 0.269 e. The van der Waals surface area contributed by atoms with E-state index in [9.17, 15) is 14.9 Å². The number of carbonyl (C=O) groups is 1. The van der Waals surface area contributed by atoms with Crippen molar-refractivity contribution in [1.82, 2.24) is 0 Å². The van der Waals surface area contributed by atoms with Crippen LogP contribution in [0, 0.1) is 10.1 Å². The number of carbonyl (C=O) groups excluding carboxylic acids is 1. The molecule has 0 spiro atoms. The minimum atomic E-state index is -0.491. The lowest BCUT2D eigenvalue weighted by Crippen LogP contribution is -2.26. The van der Waals surface area contributed by atoms with Crippen molar-refractivity contribution in [2.45, 2.75) is 0 Å². The van der Waals surface area contributed by atoms with E-state index in [4.69, 9.17) is 0 Å². The van der Waals surface area contributed by atoms with Crippen molar-refractivity contribution in [1.29, 1.82) is 0 Å². The van der Waals surface area contributed by atoms with Gasteiger partial charge in [-0.2, -0.15) is 0 Å². The number of nitro groups is 1. The van der Waals surface area contributed by atoms with Gasteiger partial charge in [0, 0.05) is 30.4 Å². The fourth-order valence-corrected chi connectivity index (χ4v) is 1.69. The van der Waals surface area contributed by atoms with E-state index in [1.807, 2.05) is 30.3 Å². The van der Waals surface area contributed by atoms with Crippen molar-refractivity contribution in [2.75, 3.05) is 11.9 Å². The molecule has 96 valence electrons. The van der Waals surface area contributed by atoms with E-state index in [2.05, 4.69) is 0 Å². The van der Waals surface area contributed by atoms with Crippen LogP contribution in [0.1, 0.15) is 10.4 Å². The molecule has 1 amide bonds. The van der Waals surface area contributed by atoms with Crippen LogP contribution in [0.3, 0.4) is 0 Å². The molecule has 5 nitrogen and oxygen atoms in total. The highest BCUT2D eigenvalue weighted by molar-refractivity contribution is 6.05. The molecule has 0 radical (unpaired) electrons. The molecule has 0 saturated heterocycles. The predicted molar refractivity (Wildman–Crippen MR) is 72.3 cm³/mol. The highest BCUT2D eigenvalue weighted by Gasteiger charge is 2.14. The Morgan fingerprint density at radius 3 is 2.16 bits per heavy atom. The van der Waals surface area contributed by atoms with Gasteiger partial charge in [0.25, 0.3) is 11.6 Å². The first-order valence-corrected chi connectivity index (χ1v) is 5.67. The molecule has 19 heavy (non-hydrogen) atoms. The van der Waals surface area contributed by atoms with Crippen LogP contribution >= 0.6 is 0 Å². The second-order valence-electron chi connectivity index (χ2n) is 4.00. The van der Waals surface area contributed by atoms with Crippen LogP contribution in [0.15, 0.2) is 54.6 Å². The highest BCUT2D eigenvalue weighted by atomic mass is 16.6. The molecule has 0 fully saturated rings. The van der Waals surface area contributed by atoms with Gasteiger partial charge in [0.05, 0.1) is 4.92 Å². The fourth-order valence-electron chi connectivity index (χ4n) is 1.69. The average Bonchev–Trinajstić information content (AvgIpc) is 2.46. The first-order valence-electron chi connectivity index (χ1n) is 5.67. The van der Waals surface area contributed by atoms with Gasteiger partial charge in [-0.3, -0.25) is 14.9 Å². The largest absolute Gasteiger partial charge is 0.311 e. The van der Waals surface area contributed by atoms with Crippen molar-refractivity contribution < 1.29 is 9.72 Å². The molecule has 0 aliphatic heterocycles. The van der Waals surface area contributed by atoms with Gasteiger partial charge in [-0.15, -0.1) is 0 Å². The predicted octanol–water partition coefficient (Wildman–Crippen LogP) is 2.87. The first kappa shape index (κ1) is 12.8. The summed E-state index contributed by atoms with van der Waals surface area (Å²) in [5.74, 6) is -0.207. The molecule has 2 aromatic rings. The van der Waals surface area contributed by atoms with E-state index in [0.717, 1.165) is 5.69 Å². The molecule has 0 aliphatic carbocycles. The summed E-state index contributed by atoms with van der Waals surface area (Å²) in [4.78, 5) is 23.7. The average molecular weight is 256 g/mol. The van der Waals surface area contributed by atoms with Crippen molar-refractivity contribution >= 4 is 17.3 Å². The number of para-hydroxylation sites is 1. The van der Waals surface area contributed by atoms with E-state index in [0.29, 0.717) is 5.56 Å². The molecule has 2 aromatic carbocycles. The standard InChI is InChI=1S/C14H12N2O3/c1-15(12-5-3-2-4-6-12)14(17)11-7-9-13(10-8-11)16(18)19/h2-10H,1H3. The number of hydrogen-bond donors (Lipinski definition) is 0. The first-order chi connectivity index (χ1) is 9.09. The summed E-state index contributed by atoms with van der Waals surface area (Å²) in [5, 5.41) is 10.5. The molecule has 2 rings (SSSR count). The fraction of sp³-hybridized carbons (Fsp3) is 0.0714. The third-order valence-electron chi connectivity index (χ3n) is 2.77. The lowest BCUT2D eigenvalue weighted by molar-refractivity contribution is -0.384. The van der Waals surface area contributed by atoms with E-state index in [-0.39, 0.29) is 11.6 Å². The maximum absolute atomic E-state index is 12.2. The molecule has 0 heterocycles. The van der Waals surface area contributed by atoms with E-state index in [1.54, 1.807) is 7.05 Å². The molecule has 0 bridgehead atoms. The van der Waals surface area contributed by atoms with Gasteiger partial charge in [0.2, 0.25) is 0 Å². The van der Waals surface area contributed by atoms with Crippen LogP contribution in [0.5, 0.6) is 0 Å². The van der Waals surface area contributed by atoms with Crippen molar-refractivity contribution in [3.8, 4) is 0 Å². The molecule has 0 atom stereocenters. The zero-order valence-corrected chi connectivity index (χ0v) is 10.3.